The van der Waals surface area contributed by atoms with Gasteiger partial charge in [-0.2, -0.15) is 0 Å². The number of carbonyl (C=O) groups excluding carboxylic acids is 3. The van der Waals surface area contributed by atoms with Crippen molar-refractivity contribution in [3.63, 3.8) is 0 Å². The van der Waals surface area contributed by atoms with Crippen molar-refractivity contribution in [1.29, 1.82) is 0 Å². The molecule has 3 aliphatic heterocycles. The van der Waals surface area contributed by atoms with E-state index in [1.54, 1.807) is 21.8 Å². The number of amides is 4. The molecule has 0 aromatic carbocycles. The molecule has 0 radical (unpaired) electrons. The molecule has 3 saturated heterocycles. The number of rotatable bonds is 9. The molecule has 3 rings (SSSR count). The first-order valence-electron chi connectivity index (χ1n) is 11.1. The Hall–Kier alpha value is -1.87. The van der Waals surface area contributed by atoms with Crippen molar-refractivity contribution < 1.29 is 23.9 Å². The van der Waals surface area contributed by atoms with Crippen LogP contribution in [0.3, 0.4) is 0 Å². The molecule has 9 heteroatoms. The van der Waals surface area contributed by atoms with Crippen LogP contribution >= 0.6 is 0 Å². The molecule has 0 aromatic heterocycles. The number of urea groups is 1. The van der Waals surface area contributed by atoms with Gasteiger partial charge in [-0.25, -0.2) is 4.79 Å². The standard InChI is InChI=1S/C21H36N4O5/c1-15(2)10-18-20(27)23(6-9-29-3)12-17-13-24(21(28)25(17)18)14-19(26)22-11-16-4-7-30-8-5-16/h15-18H,4-14H2,1-3H3,(H,22,26)/t17-,18+/m1/s1. The van der Waals surface area contributed by atoms with Crippen LogP contribution in [0, 0.1) is 11.8 Å². The molecule has 4 amide bonds. The summed E-state index contributed by atoms with van der Waals surface area (Å²) >= 11 is 0. The van der Waals surface area contributed by atoms with E-state index < -0.39 is 6.04 Å². The Kier molecular flexibility index (Phi) is 7.93. The lowest BCUT2D eigenvalue weighted by Gasteiger charge is -2.42. The maximum atomic E-state index is 13.1. The highest BCUT2D eigenvalue weighted by molar-refractivity contribution is 5.91. The smallest absolute Gasteiger partial charge is 0.321 e. The Morgan fingerprint density at radius 2 is 1.90 bits per heavy atom. The topological polar surface area (TPSA) is 91.4 Å². The van der Waals surface area contributed by atoms with Gasteiger partial charge in [0.05, 0.1) is 12.6 Å². The van der Waals surface area contributed by atoms with Gasteiger partial charge in [0.1, 0.15) is 12.6 Å². The lowest BCUT2D eigenvalue weighted by atomic mass is 9.97. The van der Waals surface area contributed by atoms with E-state index in [2.05, 4.69) is 19.2 Å². The fourth-order valence-corrected chi connectivity index (χ4v) is 4.58. The van der Waals surface area contributed by atoms with Gasteiger partial charge in [0.2, 0.25) is 11.8 Å². The molecule has 3 heterocycles. The second kappa shape index (κ2) is 10.4. The van der Waals surface area contributed by atoms with Gasteiger partial charge in [0.15, 0.2) is 0 Å². The van der Waals surface area contributed by atoms with E-state index in [9.17, 15) is 14.4 Å². The van der Waals surface area contributed by atoms with Crippen molar-refractivity contribution in [3.05, 3.63) is 0 Å². The third-order valence-corrected chi connectivity index (χ3v) is 6.20. The molecule has 0 aliphatic carbocycles. The third-order valence-electron chi connectivity index (χ3n) is 6.20. The van der Waals surface area contributed by atoms with E-state index in [4.69, 9.17) is 9.47 Å². The molecule has 30 heavy (non-hydrogen) atoms. The molecule has 170 valence electrons. The number of hydrogen-bond acceptors (Lipinski definition) is 5. The summed E-state index contributed by atoms with van der Waals surface area (Å²) in [4.78, 5) is 43.7. The molecule has 9 nitrogen and oxygen atoms in total. The monoisotopic (exact) mass is 424 g/mol. The van der Waals surface area contributed by atoms with E-state index in [0.717, 1.165) is 26.1 Å². The summed E-state index contributed by atoms with van der Waals surface area (Å²) in [6.45, 7) is 8.20. The van der Waals surface area contributed by atoms with Crippen molar-refractivity contribution in [2.45, 2.75) is 45.2 Å². The Morgan fingerprint density at radius 1 is 1.20 bits per heavy atom. The molecular weight excluding hydrogens is 388 g/mol. The van der Waals surface area contributed by atoms with Gasteiger partial charge in [-0.3, -0.25) is 9.59 Å². The number of piperazine rings is 1. The highest BCUT2D eigenvalue weighted by atomic mass is 16.5. The molecule has 0 spiro atoms. The summed E-state index contributed by atoms with van der Waals surface area (Å²) in [6.07, 6.45) is 2.53. The molecule has 1 N–H and O–H groups in total. The van der Waals surface area contributed by atoms with Crippen LogP contribution in [0.1, 0.15) is 33.1 Å². The van der Waals surface area contributed by atoms with E-state index in [0.29, 0.717) is 45.1 Å². The highest BCUT2D eigenvalue weighted by Crippen LogP contribution is 2.29. The van der Waals surface area contributed by atoms with Crippen molar-refractivity contribution in [2.24, 2.45) is 11.8 Å². The zero-order valence-electron chi connectivity index (χ0n) is 18.5. The van der Waals surface area contributed by atoms with Crippen LogP contribution in [0.2, 0.25) is 0 Å². The third kappa shape index (κ3) is 5.43. The van der Waals surface area contributed by atoms with Crippen molar-refractivity contribution in [2.75, 3.05) is 59.7 Å². The second-order valence-corrected chi connectivity index (χ2v) is 9.01. The summed E-state index contributed by atoms with van der Waals surface area (Å²) in [5.41, 5.74) is 0. The Balaban J connectivity index is 1.60. The normalized spacial score (nSPS) is 25.3. The number of fused-ring (bicyclic) bond motifs is 1. The van der Waals surface area contributed by atoms with Crippen LogP contribution in [-0.2, 0) is 19.1 Å². The van der Waals surface area contributed by atoms with Gasteiger partial charge >= 0.3 is 6.03 Å². The Morgan fingerprint density at radius 3 is 2.57 bits per heavy atom. The summed E-state index contributed by atoms with van der Waals surface area (Å²) in [5.74, 6) is 0.561. The second-order valence-electron chi connectivity index (χ2n) is 9.01. The minimum Gasteiger partial charge on any atom is -0.383 e. The fourth-order valence-electron chi connectivity index (χ4n) is 4.58. The first kappa shape index (κ1) is 22.8. The maximum Gasteiger partial charge on any atom is 0.321 e. The van der Waals surface area contributed by atoms with Crippen LogP contribution in [0.4, 0.5) is 4.79 Å². The zero-order valence-corrected chi connectivity index (χ0v) is 18.5. The molecule has 0 saturated carbocycles. The van der Waals surface area contributed by atoms with Gasteiger partial charge in [0, 0.05) is 46.5 Å². The van der Waals surface area contributed by atoms with Gasteiger partial charge in [-0.05, 0) is 31.1 Å². The quantitative estimate of drug-likeness (QED) is 0.583. The molecule has 0 aromatic rings. The SMILES string of the molecule is COCCN1C[C@@H]2CN(CC(=O)NCC3CCOCC3)C(=O)N2[C@@H](CC(C)C)C1=O. The lowest BCUT2D eigenvalue weighted by molar-refractivity contribution is -0.143. The molecule has 3 aliphatic rings. The van der Waals surface area contributed by atoms with Crippen LogP contribution in [0.15, 0.2) is 0 Å². The largest absolute Gasteiger partial charge is 0.383 e. The summed E-state index contributed by atoms with van der Waals surface area (Å²) in [5, 5.41) is 2.97. The van der Waals surface area contributed by atoms with Gasteiger partial charge in [-0.15, -0.1) is 0 Å². The Labute approximate surface area is 179 Å². The summed E-state index contributed by atoms with van der Waals surface area (Å²) < 4.78 is 10.5. The van der Waals surface area contributed by atoms with Gasteiger partial charge in [0.25, 0.3) is 0 Å². The predicted octanol–water partition coefficient (Wildman–Crippen LogP) is 0.539. The van der Waals surface area contributed by atoms with Crippen molar-refractivity contribution in [3.8, 4) is 0 Å². The zero-order chi connectivity index (χ0) is 21.7. The van der Waals surface area contributed by atoms with Crippen LogP contribution < -0.4 is 5.32 Å². The summed E-state index contributed by atoms with van der Waals surface area (Å²) in [6, 6.07) is -0.755. The van der Waals surface area contributed by atoms with Gasteiger partial charge < -0.3 is 29.5 Å². The lowest BCUT2D eigenvalue weighted by Crippen LogP contribution is -2.61. The van der Waals surface area contributed by atoms with Gasteiger partial charge in [-0.1, -0.05) is 13.8 Å². The molecule has 0 bridgehead atoms. The predicted molar refractivity (Wildman–Crippen MR) is 111 cm³/mol. The van der Waals surface area contributed by atoms with Crippen molar-refractivity contribution in [1.82, 2.24) is 20.0 Å². The first-order valence-corrected chi connectivity index (χ1v) is 11.1. The average molecular weight is 425 g/mol. The molecular formula is C21H36N4O5. The molecule has 0 unspecified atom stereocenters. The number of hydrogen-bond donors (Lipinski definition) is 1. The number of methoxy groups -OCH3 is 1. The minimum absolute atomic E-state index is 0.0174. The number of nitrogens with zero attached hydrogens (tertiary/aromatic N) is 3. The van der Waals surface area contributed by atoms with E-state index in [-0.39, 0.29) is 36.3 Å². The van der Waals surface area contributed by atoms with E-state index in [1.165, 1.54) is 0 Å². The van der Waals surface area contributed by atoms with Crippen LogP contribution in [-0.4, -0.2) is 104 Å². The van der Waals surface area contributed by atoms with E-state index in [1.807, 2.05) is 0 Å². The van der Waals surface area contributed by atoms with Crippen molar-refractivity contribution >= 4 is 17.8 Å². The fraction of sp³-hybridized carbons (Fsp3) is 0.857. The van der Waals surface area contributed by atoms with E-state index >= 15 is 0 Å². The summed E-state index contributed by atoms with van der Waals surface area (Å²) in [7, 11) is 1.62. The number of ether oxygens (including phenoxy) is 2. The average Bonchev–Trinajstić information content (AvgIpc) is 3.02. The maximum absolute atomic E-state index is 13.1. The molecule has 2 atom stereocenters. The number of nitrogens with one attached hydrogen (secondary N) is 1. The minimum atomic E-state index is -0.469. The Bertz CT molecular complexity index is 623. The highest BCUT2D eigenvalue weighted by Gasteiger charge is 2.49. The van der Waals surface area contributed by atoms with Crippen LogP contribution in [0.25, 0.3) is 0 Å². The first-order chi connectivity index (χ1) is 14.4. The number of carbonyl (C=O) groups is 3. The molecule has 3 fully saturated rings. The van der Waals surface area contributed by atoms with Crippen LogP contribution in [0.5, 0.6) is 0 Å².